The molecule has 0 radical (unpaired) electrons. The number of likely N-dealkylation sites (tertiary alicyclic amines) is 1. The molecule has 1 aliphatic rings. The number of amides is 1. The zero-order valence-electron chi connectivity index (χ0n) is 12.4. The predicted molar refractivity (Wildman–Crippen MR) is 81.2 cm³/mol. The van der Waals surface area contributed by atoms with E-state index in [2.05, 4.69) is 37.4 Å². The van der Waals surface area contributed by atoms with E-state index in [4.69, 9.17) is 0 Å². The quantitative estimate of drug-likeness (QED) is 0.462. The van der Waals surface area contributed by atoms with Crippen molar-refractivity contribution in [1.29, 1.82) is 0 Å². The maximum atomic E-state index is 11.8. The van der Waals surface area contributed by atoms with Gasteiger partial charge in [0.1, 0.15) is 5.69 Å². The molecule has 2 N–H and O–H groups in total. The van der Waals surface area contributed by atoms with Gasteiger partial charge in [0, 0.05) is 38.6 Å². The summed E-state index contributed by atoms with van der Waals surface area (Å²) in [6.45, 7) is 6.04. The third-order valence-electron chi connectivity index (χ3n) is 3.20. The molecule has 0 unspecified atom stereocenters. The van der Waals surface area contributed by atoms with Crippen LogP contribution in [0.4, 0.5) is 0 Å². The lowest BCUT2D eigenvalue weighted by molar-refractivity contribution is 0.0949. The van der Waals surface area contributed by atoms with Crippen molar-refractivity contribution >= 4 is 11.9 Å². The standard InChI is InChI=1S/C14H22N6O/c1-2-16-14(20-9-3-4-10-20)19-8-7-18-13(21)12-11-15-5-6-17-12/h5-6,11H,2-4,7-10H2,1H3,(H,16,19)(H,18,21). The van der Waals surface area contributed by atoms with E-state index in [9.17, 15) is 4.79 Å². The zero-order valence-corrected chi connectivity index (χ0v) is 12.4. The summed E-state index contributed by atoms with van der Waals surface area (Å²) in [5, 5.41) is 6.08. The van der Waals surface area contributed by atoms with Crippen molar-refractivity contribution in [3.8, 4) is 0 Å². The summed E-state index contributed by atoms with van der Waals surface area (Å²) in [4.78, 5) is 26.4. The highest BCUT2D eigenvalue weighted by Gasteiger charge is 2.15. The summed E-state index contributed by atoms with van der Waals surface area (Å²) in [5.41, 5.74) is 0.327. The van der Waals surface area contributed by atoms with Gasteiger partial charge in [-0.05, 0) is 19.8 Å². The van der Waals surface area contributed by atoms with Crippen LogP contribution in [0.1, 0.15) is 30.3 Å². The third kappa shape index (κ3) is 4.70. The van der Waals surface area contributed by atoms with Crippen molar-refractivity contribution in [2.45, 2.75) is 19.8 Å². The first-order valence-corrected chi connectivity index (χ1v) is 7.38. The molecule has 114 valence electrons. The Kier molecular flexibility index (Phi) is 5.93. The van der Waals surface area contributed by atoms with Gasteiger partial charge in [-0.2, -0.15) is 0 Å². The van der Waals surface area contributed by atoms with Gasteiger partial charge in [-0.1, -0.05) is 0 Å². The molecule has 2 rings (SSSR count). The first kappa shape index (κ1) is 15.2. The minimum Gasteiger partial charge on any atom is -0.357 e. The Morgan fingerprint density at radius 3 is 2.81 bits per heavy atom. The molecule has 1 amide bonds. The van der Waals surface area contributed by atoms with Crippen LogP contribution in [0, 0.1) is 0 Å². The molecule has 0 bridgehead atoms. The Morgan fingerprint density at radius 2 is 2.14 bits per heavy atom. The number of nitrogens with one attached hydrogen (secondary N) is 2. The topological polar surface area (TPSA) is 82.5 Å². The van der Waals surface area contributed by atoms with Gasteiger partial charge in [-0.25, -0.2) is 4.98 Å². The van der Waals surface area contributed by atoms with Gasteiger partial charge in [0.05, 0.1) is 12.7 Å². The second-order valence-electron chi connectivity index (χ2n) is 4.78. The highest BCUT2D eigenvalue weighted by Crippen LogP contribution is 2.07. The van der Waals surface area contributed by atoms with E-state index in [1.807, 2.05) is 0 Å². The smallest absolute Gasteiger partial charge is 0.271 e. The van der Waals surface area contributed by atoms with Crippen LogP contribution in [0.5, 0.6) is 0 Å². The Morgan fingerprint density at radius 1 is 1.33 bits per heavy atom. The Bertz CT molecular complexity index is 470. The Hall–Kier alpha value is -2.18. The van der Waals surface area contributed by atoms with Crippen molar-refractivity contribution in [1.82, 2.24) is 25.5 Å². The minimum absolute atomic E-state index is 0.218. The van der Waals surface area contributed by atoms with Gasteiger partial charge >= 0.3 is 0 Å². The fraction of sp³-hybridized carbons (Fsp3) is 0.571. The molecular formula is C14H22N6O. The van der Waals surface area contributed by atoms with Crippen LogP contribution in [0.25, 0.3) is 0 Å². The summed E-state index contributed by atoms with van der Waals surface area (Å²) in [7, 11) is 0. The lowest BCUT2D eigenvalue weighted by Gasteiger charge is -2.20. The van der Waals surface area contributed by atoms with Gasteiger partial charge in [0.25, 0.3) is 5.91 Å². The first-order valence-electron chi connectivity index (χ1n) is 7.38. The van der Waals surface area contributed by atoms with E-state index in [-0.39, 0.29) is 5.91 Å². The highest BCUT2D eigenvalue weighted by molar-refractivity contribution is 5.91. The molecule has 0 atom stereocenters. The van der Waals surface area contributed by atoms with Crippen LogP contribution in [0.3, 0.4) is 0 Å². The van der Waals surface area contributed by atoms with Crippen LogP contribution in [-0.2, 0) is 0 Å². The lowest BCUT2D eigenvalue weighted by atomic mass is 10.4. The zero-order chi connectivity index (χ0) is 14.9. The molecule has 1 aliphatic heterocycles. The predicted octanol–water partition coefficient (Wildman–Crippen LogP) is 0.268. The van der Waals surface area contributed by atoms with E-state index in [1.165, 1.54) is 25.2 Å². The fourth-order valence-electron chi connectivity index (χ4n) is 2.19. The largest absolute Gasteiger partial charge is 0.357 e. The molecule has 2 heterocycles. The van der Waals surface area contributed by atoms with Crippen LogP contribution in [0.2, 0.25) is 0 Å². The fourth-order valence-corrected chi connectivity index (χ4v) is 2.19. The summed E-state index contributed by atoms with van der Waals surface area (Å²) >= 11 is 0. The third-order valence-corrected chi connectivity index (χ3v) is 3.20. The number of hydrogen-bond donors (Lipinski definition) is 2. The van der Waals surface area contributed by atoms with Crippen molar-refractivity contribution in [2.24, 2.45) is 4.99 Å². The van der Waals surface area contributed by atoms with Crippen molar-refractivity contribution in [2.75, 3.05) is 32.7 Å². The molecular weight excluding hydrogens is 268 g/mol. The number of carbonyl (C=O) groups excluding carboxylic acids is 1. The number of aromatic nitrogens is 2. The SMILES string of the molecule is CCNC(=NCCNC(=O)c1cnccn1)N1CCCC1. The average Bonchev–Trinajstić information content (AvgIpc) is 3.05. The Balaban J connectivity index is 1.78. The maximum absolute atomic E-state index is 11.8. The number of guanidine groups is 1. The molecule has 7 heteroatoms. The van der Waals surface area contributed by atoms with Gasteiger partial charge in [-0.3, -0.25) is 14.8 Å². The molecule has 1 aromatic heterocycles. The van der Waals surface area contributed by atoms with Crippen LogP contribution < -0.4 is 10.6 Å². The monoisotopic (exact) mass is 290 g/mol. The number of hydrogen-bond acceptors (Lipinski definition) is 4. The summed E-state index contributed by atoms with van der Waals surface area (Å²) < 4.78 is 0. The molecule has 21 heavy (non-hydrogen) atoms. The number of aliphatic imine (C=N–C) groups is 1. The van der Waals surface area contributed by atoms with Crippen molar-refractivity contribution in [3.63, 3.8) is 0 Å². The number of rotatable bonds is 5. The van der Waals surface area contributed by atoms with Gasteiger partial charge < -0.3 is 15.5 Å². The molecule has 0 aromatic carbocycles. The average molecular weight is 290 g/mol. The number of carbonyl (C=O) groups is 1. The molecule has 1 saturated heterocycles. The van der Waals surface area contributed by atoms with E-state index >= 15 is 0 Å². The van der Waals surface area contributed by atoms with Gasteiger partial charge in [-0.15, -0.1) is 0 Å². The Labute approximate surface area is 124 Å². The van der Waals surface area contributed by atoms with E-state index in [0.717, 1.165) is 25.6 Å². The molecule has 7 nitrogen and oxygen atoms in total. The van der Waals surface area contributed by atoms with Crippen LogP contribution in [0.15, 0.2) is 23.6 Å². The van der Waals surface area contributed by atoms with E-state index in [0.29, 0.717) is 18.8 Å². The van der Waals surface area contributed by atoms with Gasteiger partial charge in [0.2, 0.25) is 0 Å². The number of nitrogens with zero attached hydrogens (tertiary/aromatic N) is 4. The summed E-state index contributed by atoms with van der Waals surface area (Å²) in [5.74, 6) is 0.716. The normalized spacial score (nSPS) is 15.1. The summed E-state index contributed by atoms with van der Waals surface area (Å²) in [6, 6.07) is 0. The van der Waals surface area contributed by atoms with Gasteiger partial charge in [0.15, 0.2) is 5.96 Å². The molecule has 1 fully saturated rings. The molecule has 1 aromatic rings. The van der Waals surface area contributed by atoms with E-state index in [1.54, 1.807) is 6.20 Å². The van der Waals surface area contributed by atoms with Crippen molar-refractivity contribution < 1.29 is 4.79 Å². The van der Waals surface area contributed by atoms with E-state index < -0.39 is 0 Å². The maximum Gasteiger partial charge on any atom is 0.271 e. The van der Waals surface area contributed by atoms with Crippen molar-refractivity contribution in [3.05, 3.63) is 24.3 Å². The lowest BCUT2D eigenvalue weighted by Crippen LogP contribution is -2.40. The summed E-state index contributed by atoms with van der Waals surface area (Å²) in [6.07, 6.45) is 6.93. The van der Waals surface area contributed by atoms with Crippen LogP contribution in [-0.4, -0.2) is 59.5 Å². The first-order chi connectivity index (χ1) is 10.3. The highest BCUT2D eigenvalue weighted by atomic mass is 16.1. The second kappa shape index (κ2) is 8.18. The van der Waals surface area contributed by atoms with Crippen LogP contribution >= 0.6 is 0 Å². The molecule has 0 spiro atoms. The molecule has 0 aliphatic carbocycles. The minimum atomic E-state index is -0.218. The second-order valence-corrected chi connectivity index (χ2v) is 4.78. The molecule has 0 saturated carbocycles.